The Bertz CT molecular complexity index is 1920. The van der Waals surface area contributed by atoms with Crippen molar-refractivity contribution in [1.29, 1.82) is 0 Å². The molecule has 0 aliphatic rings. The second-order valence-corrected chi connectivity index (χ2v) is 10.6. The van der Waals surface area contributed by atoms with E-state index in [2.05, 4.69) is 27.8 Å². The topological polar surface area (TPSA) is 103 Å². The lowest BCUT2D eigenvalue weighted by molar-refractivity contribution is -0.384. The van der Waals surface area contributed by atoms with E-state index >= 15 is 0 Å². The number of non-ortho nitro benzene ring substituents is 1. The van der Waals surface area contributed by atoms with Gasteiger partial charge in [0.25, 0.3) is 5.69 Å². The summed E-state index contributed by atoms with van der Waals surface area (Å²) in [6.45, 7) is 1.26. The molecule has 2 N–H and O–H groups in total. The second-order valence-electron chi connectivity index (χ2n) is 10.6. The number of hydrogen-bond donors (Lipinski definition) is 2. The number of benzene rings is 6. The average Bonchev–Trinajstić information content (AvgIpc) is 3.14. The minimum Gasteiger partial charge on any atom is -0.507 e. The molecule has 0 heterocycles. The number of phenols is 1. The van der Waals surface area contributed by atoms with E-state index in [0.29, 0.717) is 18.7 Å². The molecule has 0 unspecified atom stereocenters. The Balaban J connectivity index is 0.000000188. The second kappa shape index (κ2) is 17.2. The van der Waals surface area contributed by atoms with Crippen LogP contribution in [0.2, 0.25) is 0 Å². The van der Waals surface area contributed by atoms with Gasteiger partial charge < -0.3 is 10.5 Å². The lowest BCUT2D eigenvalue weighted by Crippen LogP contribution is -2.15. The van der Waals surface area contributed by atoms with Crippen LogP contribution in [0.25, 0.3) is 0 Å². The third-order valence-electron chi connectivity index (χ3n) is 7.20. The van der Waals surface area contributed by atoms with E-state index < -0.39 is 4.92 Å². The minimum atomic E-state index is -0.410. The molecule has 0 aliphatic carbocycles. The molecule has 0 saturated heterocycles. The van der Waals surface area contributed by atoms with Gasteiger partial charge >= 0.3 is 0 Å². The van der Waals surface area contributed by atoms with Gasteiger partial charge in [0, 0.05) is 23.3 Å². The quantitative estimate of drug-likeness (QED) is 0.0845. The number of phenolic OH excluding ortho intramolecular Hbond substituents is 1. The first-order valence-electron chi connectivity index (χ1n) is 15.4. The minimum absolute atomic E-state index is 0.0707. The number of aromatic hydroxyl groups is 1. The van der Waals surface area contributed by atoms with Gasteiger partial charge in [0.2, 0.25) is 0 Å². The molecule has 0 spiro atoms. The van der Waals surface area contributed by atoms with Crippen molar-refractivity contribution >= 4 is 23.3 Å². The third kappa shape index (κ3) is 9.73. The summed E-state index contributed by atoms with van der Waals surface area (Å²) in [7, 11) is 0. The average molecular weight is 634 g/mol. The summed E-state index contributed by atoms with van der Waals surface area (Å²) in [6, 6.07) is 53.5. The molecule has 0 aromatic heterocycles. The van der Waals surface area contributed by atoms with Crippen LogP contribution in [-0.4, -0.2) is 22.0 Å². The zero-order valence-corrected chi connectivity index (χ0v) is 26.2. The molecule has 238 valence electrons. The van der Waals surface area contributed by atoms with Crippen molar-refractivity contribution in [2.24, 2.45) is 10.2 Å². The van der Waals surface area contributed by atoms with Gasteiger partial charge in [-0.1, -0.05) is 121 Å². The number of nitro benzene ring substituents is 1. The molecule has 6 aromatic rings. The molecule has 48 heavy (non-hydrogen) atoms. The third-order valence-corrected chi connectivity index (χ3v) is 7.20. The maximum Gasteiger partial charge on any atom is 0.269 e. The smallest absolute Gasteiger partial charge is 0.269 e. The molecule has 0 amide bonds. The monoisotopic (exact) mass is 633 g/mol. The zero-order chi connectivity index (χ0) is 33.4. The predicted octanol–water partition coefficient (Wildman–Crippen LogP) is 8.57. The molecule has 8 heteroatoms. The Kier molecular flexibility index (Phi) is 11.8. The highest BCUT2D eigenvalue weighted by Crippen LogP contribution is 2.21. The van der Waals surface area contributed by atoms with Crippen molar-refractivity contribution in [3.05, 3.63) is 208 Å². The summed E-state index contributed by atoms with van der Waals surface area (Å²) in [5, 5.41) is 31.9. The van der Waals surface area contributed by atoms with Gasteiger partial charge in [-0.3, -0.25) is 15.1 Å². The highest BCUT2D eigenvalue weighted by atomic mass is 16.6. The van der Waals surface area contributed by atoms with Crippen LogP contribution >= 0.6 is 0 Å². The molecule has 0 fully saturated rings. The molecule has 0 saturated carbocycles. The van der Waals surface area contributed by atoms with Crippen molar-refractivity contribution in [3.63, 3.8) is 0 Å². The van der Waals surface area contributed by atoms with Crippen LogP contribution in [-0.2, 0) is 13.1 Å². The van der Waals surface area contributed by atoms with Crippen molar-refractivity contribution in [2.75, 3.05) is 5.01 Å². The van der Waals surface area contributed by atoms with Gasteiger partial charge in [-0.05, 0) is 53.1 Å². The van der Waals surface area contributed by atoms with Crippen molar-refractivity contribution < 1.29 is 10.0 Å². The molecule has 0 bridgehead atoms. The SMILES string of the molecule is O=[N+]([O-])c1ccc(C=NN(Cc2ccccc2)c2ccccc2)cc1.Oc1ccccc1C(=NNCc1ccccc1)c1ccccc1. The summed E-state index contributed by atoms with van der Waals surface area (Å²) >= 11 is 0. The number of para-hydroxylation sites is 2. The van der Waals surface area contributed by atoms with Crippen molar-refractivity contribution in [2.45, 2.75) is 13.1 Å². The molecular weight excluding hydrogens is 598 g/mol. The van der Waals surface area contributed by atoms with Crippen molar-refractivity contribution in [3.8, 4) is 5.75 Å². The van der Waals surface area contributed by atoms with Crippen LogP contribution in [0.3, 0.4) is 0 Å². The summed E-state index contributed by atoms with van der Waals surface area (Å²) in [5.41, 5.74) is 9.64. The fraction of sp³-hybridized carbons (Fsp3) is 0.0500. The molecule has 0 aliphatic heterocycles. The lowest BCUT2D eigenvalue weighted by atomic mass is 10.0. The normalized spacial score (nSPS) is 11.0. The fourth-order valence-corrected chi connectivity index (χ4v) is 4.73. The van der Waals surface area contributed by atoms with E-state index in [0.717, 1.165) is 33.7 Å². The highest BCUT2D eigenvalue weighted by Gasteiger charge is 2.11. The van der Waals surface area contributed by atoms with Crippen LogP contribution in [0.5, 0.6) is 5.75 Å². The molecular formula is C40H35N5O3. The predicted molar refractivity (Wildman–Crippen MR) is 193 cm³/mol. The highest BCUT2D eigenvalue weighted by molar-refractivity contribution is 6.14. The first kappa shape index (κ1) is 32.8. The first-order chi connectivity index (χ1) is 23.6. The Morgan fingerprint density at radius 1 is 0.688 bits per heavy atom. The maximum absolute atomic E-state index is 10.7. The van der Waals surface area contributed by atoms with Crippen LogP contribution < -0.4 is 10.4 Å². The molecule has 0 atom stereocenters. The number of hydrogen-bond acceptors (Lipinski definition) is 7. The number of nitrogens with one attached hydrogen (secondary N) is 1. The van der Waals surface area contributed by atoms with E-state index in [1.807, 2.05) is 126 Å². The Morgan fingerprint density at radius 3 is 1.83 bits per heavy atom. The lowest BCUT2D eigenvalue weighted by Gasteiger charge is -2.19. The summed E-state index contributed by atoms with van der Waals surface area (Å²) in [6.07, 6.45) is 1.71. The molecule has 6 rings (SSSR count). The molecule has 0 radical (unpaired) electrons. The standard InChI is InChI=1S/C20H17N3O2.C20H18N2O/c24-23(25)20-13-11-17(12-14-20)15-21-22(19-9-5-2-6-10-19)16-18-7-3-1-4-8-18;23-19-14-8-7-13-18(19)20(17-11-5-2-6-12-17)22-21-15-16-9-3-1-4-10-16/h1-15H,16H2;1-14,21,23H,15H2. The number of hydrazone groups is 2. The largest absolute Gasteiger partial charge is 0.507 e. The van der Waals surface area contributed by atoms with Crippen LogP contribution in [0.1, 0.15) is 27.8 Å². The Hall–Kier alpha value is -6.54. The van der Waals surface area contributed by atoms with E-state index in [-0.39, 0.29) is 11.4 Å². The van der Waals surface area contributed by atoms with Crippen molar-refractivity contribution in [1.82, 2.24) is 5.43 Å². The van der Waals surface area contributed by atoms with Crippen LogP contribution in [0, 0.1) is 10.1 Å². The van der Waals surface area contributed by atoms with Gasteiger partial charge in [0.1, 0.15) is 11.5 Å². The number of anilines is 1. The van der Waals surface area contributed by atoms with E-state index in [9.17, 15) is 15.2 Å². The van der Waals surface area contributed by atoms with Gasteiger partial charge in [-0.25, -0.2) is 0 Å². The van der Waals surface area contributed by atoms with E-state index in [1.165, 1.54) is 12.1 Å². The van der Waals surface area contributed by atoms with Gasteiger partial charge in [-0.2, -0.15) is 10.2 Å². The van der Waals surface area contributed by atoms with Crippen LogP contribution in [0.4, 0.5) is 11.4 Å². The number of nitrogens with zero attached hydrogens (tertiary/aromatic N) is 4. The van der Waals surface area contributed by atoms with E-state index in [4.69, 9.17) is 0 Å². The first-order valence-corrected chi connectivity index (χ1v) is 15.4. The summed E-state index contributed by atoms with van der Waals surface area (Å²) < 4.78 is 0. The molecule has 6 aromatic carbocycles. The van der Waals surface area contributed by atoms with E-state index in [1.54, 1.807) is 30.5 Å². The zero-order valence-electron chi connectivity index (χ0n) is 26.2. The Labute approximate surface area is 280 Å². The van der Waals surface area contributed by atoms with Crippen LogP contribution in [0.15, 0.2) is 180 Å². The number of rotatable bonds is 11. The van der Waals surface area contributed by atoms with Gasteiger partial charge in [0.15, 0.2) is 0 Å². The Morgan fingerprint density at radius 2 is 1.23 bits per heavy atom. The number of nitro groups is 1. The maximum atomic E-state index is 10.7. The van der Waals surface area contributed by atoms with Gasteiger partial charge in [0.05, 0.1) is 29.9 Å². The fourth-order valence-electron chi connectivity index (χ4n) is 4.73. The summed E-state index contributed by atoms with van der Waals surface area (Å²) in [4.78, 5) is 10.3. The molecule has 8 nitrogen and oxygen atoms in total. The summed E-state index contributed by atoms with van der Waals surface area (Å²) in [5.74, 6) is 0.219. The van der Waals surface area contributed by atoms with Gasteiger partial charge in [-0.15, -0.1) is 0 Å².